The van der Waals surface area contributed by atoms with Gasteiger partial charge in [-0.3, -0.25) is 4.79 Å². The molecule has 4 heteroatoms. The van der Waals surface area contributed by atoms with Crippen LogP contribution in [0.5, 0.6) is 17.2 Å². The minimum absolute atomic E-state index is 0.0574. The molecule has 0 amide bonds. The van der Waals surface area contributed by atoms with Gasteiger partial charge in [0.15, 0.2) is 11.9 Å². The fourth-order valence-electron chi connectivity index (χ4n) is 3.01. The molecule has 0 aromatic heterocycles. The molecule has 0 saturated heterocycles. The Morgan fingerprint density at radius 3 is 2.50 bits per heavy atom. The zero-order valence-electron chi connectivity index (χ0n) is 12.8. The second-order valence-corrected chi connectivity index (χ2v) is 5.49. The summed E-state index contributed by atoms with van der Waals surface area (Å²) in [7, 11) is 1.56. The number of hydrogen-bond acceptors (Lipinski definition) is 4. The van der Waals surface area contributed by atoms with Crippen molar-refractivity contribution >= 4 is 5.78 Å². The van der Waals surface area contributed by atoms with E-state index in [0.717, 1.165) is 11.1 Å². The molecule has 4 nitrogen and oxygen atoms in total. The third-order valence-electron chi connectivity index (χ3n) is 4.12. The fraction of sp³-hybridized carbons (Fsp3) is 0.278. The van der Waals surface area contributed by atoms with Gasteiger partial charge in [0.2, 0.25) is 0 Å². The normalized spacial score (nSPS) is 16.9. The third-order valence-corrected chi connectivity index (χ3v) is 4.12. The summed E-state index contributed by atoms with van der Waals surface area (Å²) in [6.45, 7) is 3.65. The smallest absolute Gasteiger partial charge is 0.182 e. The number of ketones is 1. The molecular formula is C18H18O4. The molecule has 1 unspecified atom stereocenters. The lowest BCUT2D eigenvalue weighted by molar-refractivity contribution is -0.126. The van der Waals surface area contributed by atoms with Gasteiger partial charge in [-0.25, -0.2) is 0 Å². The van der Waals surface area contributed by atoms with E-state index in [0.29, 0.717) is 22.6 Å². The number of aromatic hydroxyl groups is 1. The van der Waals surface area contributed by atoms with Crippen LogP contribution in [-0.2, 0) is 11.2 Å². The summed E-state index contributed by atoms with van der Waals surface area (Å²) in [6.07, 6.45) is -0.480. The molecule has 0 bridgehead atoms. The lowest BCUT2D eigenvalue weighted by Crippen LogP contribution is -2.26. The van der Waals surface area contributed by atoms with E-state index >= 15 is 0 Å². The van der Waals surface area contributed by atoms with Gasteiger partial charge < -0.3 is 14.6 Å². The Morgan fingerprint density at radius 2 is 1.86 bits per heavy atom. The molecule has 0 aliphatic carbocycles. The van der Waals surface area contributed by atoms with E-state index in [9.17, 15) is 9.90 Å². The molecule has 0 saturated carbocycles. The van der Waals surface area contributed by atoms with Crippen LogP contribution < -0.4 is 9.47 Å². The van der Waals surface area contributed by atoms with Gasteiger partial charge in [-0.2, -0.15) is 0 Å². The average Bonchev–Trinajstić information content (AvgIpc) is 2.54. The lowest BCUT2D eigenvalue weighted by atomic mass is 9.92. The minimum atomic E-state index is -0.640. The van der Waals surface area contributed by atoms with Crippen molar-refractivity contribution in [3.05, 3.63) is 52.6 Å². The first kappa shape index (κ1) is 14.4. The highest BCUT2D eigenvalue weighted by Crippen LogP contribution is 2.46. The summed E-state index contributed by atoms with van der Waals surface area (Å²) in [4.78, 5) is 12.4. The first-order valence-electron chi connectivity index (χ1n) is 7.18. The summed E-state index contributed by atoms with van der Waals surface area (Å²) >= 11 is 0. The van der Waals surface area contributed by atoms with E-state index in [1.807, 2.05) is 37.3 Å². The first-order chi connectivity index (χ1) is 10.5. The Balaban J connectivity index is 2.12. The van der Waals surface area contributed by atoms with Crippen LogP contribution in [0.4, 0.5) is 0 Å². The number of fused-ring (bicyclic) bond motifs is 1. The number of phenolic OH excluding ortho intramolecular Hbond substituents is 1. The van der Waals surface area contributed by atoms with Gasteiger partial charge in [0.05, 0.1) is 7.11 Å². The number of carbonyl (C=O) groups is 1. The van der Waals surface area contributed by atoms with Gasteiger partial charge >= 0.3 is 0 Å². The molecule has 2 aromatic rings. The predicted octanol–water partition coefficient (Wildman–Crippen LogP) is 3.26. The molecule has 1 atom stereocenters. The summed E-state index contributed by atoms with van der Waals surface area (Å²) in [5.74, 6) is 1.17. The Kier molecular flexibility index (Phi) is 3.53. The quantitative estimate of drug-likeness (QED) is 0.924. The van der Waals surface area contributed by atoms with Crippen molar-refractivity contribution in [1.29, 1.82) is 0 Å². The van der Waals surface area contributed by atoms with E-state index in [1.165, 1.54) is 0 Å². The SMILES string of the molecule is COc1c(C)c(O)c2c(c1C)OC(c1ccccc1)C(=O)C2. The molecule has 0 spiro atoms. The Bertz CT molecular complexity index is 735. The molecule has 1 N–H and O–H groups in total. The van der Waals surface area contributed by atoms with Crippen LogP contribution in [0.2, 0.25) is 0 Å². The Morgan fingerprint density at radius 1 is 1.18 bits per heavy atom. The van der Waals surface area contributed by atoms with Crippen molar-refractivity contribution in [2.24, 2.45) is 0 Å². The Labute approximate surface area is 129 Å². The maximum atomic E-state index is 12.4. The van der Waals surface area contributed by atoms with Gasteiger partial charge in [0, 0.05) is 23.1 Å². The molecule has 22 heavy (non-hydrogen) atoms. The second kappa shape index (κ2) is 5.37. The predicted molar refractivity (Wildman–Crippen MR) is 82.7 cm³/mol. The molecular weight excluding hydrogens is 280 g/mol. The van der Waals surface area contributed by atoms with Crippen LogP contribution in [0, 0.1) is 13.8 Å². The van der Waals surface area contributed by atoms with Crippen molar-refractivity contribution in [1.82, 2.24) is 0 Å². The van der Waals surface area contributed by atoms with Crippen molar-refractivity contribution < 1.29 is 19.4 Å². The fourth-order valence-corrected chi connectivity index (χ4v) is 3.01. The molecule has 3 rings (SSSR count). The monoisotopic (exact) mass is 298 g/mol. The van der Waals surface area contributed by atoms with Crippen LogP contribution in [0.3, 0.4) is 0 Å². The van der Waals surface area contributed by atoms with E-state index < -0.39 is 6.10 Å². The van der Waals surface area contributed by atoms with Crippen LogP contribution in [-0.4, -0.2) is 18.0 Å². The maximum Gasteiger partial charge on any atom is 0.182 e. The molecule has 0 fully saturated rings. The van der Waals surface area contributed by atoms with Crippen molar-refractivity contribution in [2.45, 2.75) is 26.4 Å². The number of rotatable bonds is 2. The van der Waals surface area contributed by atoms with Crippen molar-refractivity contribution in [3.63, 3.8) is 0 Å². The van der Waals surface area contributed by atoms with E-state index in [1.54, 1.807) is 14.0 Å². The van der Waals surface area contributed by atoms with Gasteiger partial charge in [0.1, 0.15) is 17.2 Å². The van der Waals surface area contributed by atoms with Crippen LogP contribution in [0.1, 0.15) is 28.4 Å². The van der Waals surface area contributed by atoms with E-state index in [2.05, 4.69) is 0 Å². The summed E-state index contributed by atoms with van der Waals surface area (Å²) in [5, 5.41) is 10.3. The average molecular weight is 298 g/mol. The number of methoxy groups -OCH3 is 1. The standard InChI is InChI=1S/C18H18O4/c1-10-15(20)13-9-14(19)18(12-7-5-4-6-8-12)22-17(13)11(2)16(10)21-3/h4-8,18,20H,9H2,1-3H3. The molecule has 0 radical (unpaired) electrons. The molecule has 1 aliphatic heterocycles. The van der Waals surface area contributed by atoms with Gasteiger partial charge in [-0.05, 0) is 19.4 Å². The largest absolute Gasteiger partial charge is 0.507 e. The van der Waals surface area contributed by atoms with Crippen molar-refractivity contribution in [3.8, 4) is 17.2 Å². The van der Waals surface area contributed by atoms with Crippen LogP contribution >= 0.6 is 0 Å². The van der Waals surface area contributed by atoms with Crippen LogP contribution in [0.25, 0.3) is 0 Å². The number of phenols is 1. The number of ether oxygens (including phenoxy) is 2. The summed E-state index contributed by atoms with van der Waals surface area (Å²) in [6, 6.07) is 9.39. The topological polar surface area (TPSA) is 55.8 Å². The van der Waals surface area contributed by atoms with E-state index in [4.69, 9.17) is 9.47 Å². The van der Waals surface area contributed by atoms with Gasteiger partial charge in [-0.1, -0.05) is 30.3 Å². The van der Waals surface area contributed by atoms with Crippen molar-refractivity contribution in [2.75, 3.05) is 7.11 Å². The minimum Gasteiger partial charge on any atom is -0.507 e. The number of benzene rings is 2. The number of carbonyl (C=O) groups excluding carboxylic acids is 1. The number of hydrogen-bond donors (Lipinski definition) is 1. The summed E-state index contributed by atoms with van der Waals surface area (Å²) in [5.41, 5.74) is 2.80. The maximum absolute atomic E-state index is 12.4. The molecule has 1 heterocycles. The second-order valence-electron chi connectivity index (χ2n) is 5.49. The zero-order chi connectivity index (χ0) is 15.9. The highest BCUT2D eigenvalue weighted by Gasteiger charge is 2.34. The molecule has 2 aromatic carbocycles. The lowest BCUT2D eigenvalue weighted by Gasteiger charge is -2.29. The number of Topliss-reactive ketones (excluding diaryl/α,β-unsaturated/α-hetero) is 1. The van der Waals surface area contributed by atoms with Gasteiger partial charge in [-0.15, -0.1) is 0 Å². The summed E-state index contributed by atoms with van der Waals surface area (Å²) < 4.78 is 11.3. The van der Waals surface area contributed by atoms with Crippen LogP contribution in [0.15, 0.2) is 30.3 Å². The molecule has 1 aliphatic rings. The highest BCUT2D eigenvalue weighted by atomic mass is 16.5. The zero-order valence-corrected chi connectivity index (χ0v) is 12.8. The van der Waals surface area contributed by atoms with E-state index in [-0.39, 0.29) is 18.0 Å². The third kappa shape index (κ3) is 2.11. The highest BCUT2D eigenvalue weighted by molar-refractivity contribution is 5.90. The van der Waals surface area contributed by atoms with Gasteiger partial charge in [0.25, 0.3) is 0 Å². The Hall–Kier alpha value is -2.49. The first-order valence-corrected chi connectivity index (χ1v) is 7.18. The molecule has 114 valence electrons.